The van der Waals surface area contributed by atoms with Crippen molar-refractivity contribution in [2.45, 2.75) is 6.42 Å². The van der Waals surface area contributed by atoms with Crippen LogP contribution in [0.3, 0.4) is 0 Å². The molecule has 3 rings (SSSR count). The topological polar surface area (TPSA) is 54.2 Å². The lowest BCUT2D eigenvalue weighted by Crippen LogP contribution is -2.15. The largest absolute Gasteiger partial charge is 0.508 e. The van der Waals surface area contributed by atoms with Gasteiger partial charge in [0.2, 0.25) is 5.95 Å². The standard InChI is InChI=1S/C17H17FN4O.ClH/c1-21(14-9-7-13(18)8-10-14)17-20-19-16(22(17)2)11-12-5-3-4-6-15(12)23;/h3-10,23H,11H2,1-2H3;1H. The Morgan fingerprint density at radius 2 is 1.75 bits per heavy atom. The molecule has 0 radical (unpaired) electrons. The molecule has 0 saturated heterocycles. The third kappa shape index (κ3) is 3.49. The van der Waals surface area contributed by atoms with Crippen LogP contribution < -0.4 is 4.90 Å². The molecule has 1 N–H and O–H groups in total. The summed E-state index contributed by atoms with van der Waals surface area (Å²) in [5, 5.41) is 18.3. The van der Waals surface area contributed by atoms with Crippen molar-refractivity contribution < 1.29 is 9.50 Å². The molecule has 0 aliphatic rings. The van der Waals surface area contributed by atoms with Gasteiger partial charge < -0.3 is 10.0 Å². The molecule has 0 amide bonds. The van der Waals surface area contributed by atoms with Crippen molar-refractivity contribution in [2.75, 3.05) is 11.9 Å². The van der Waals surface area contributed by atoms with Gasteiger partial charge >= 0.3 is 0 Å². The Labute approximate surface area is 145 Å². The highest BCUT2D eigenvalue weighted by molar-refractivity contribution is 5.85. The molecule has 5 nitrogen and oxygen atoms in total. The molecule has 126 valence electrons. The van der Waals surface area contributed by atoms with E-state index in [-0.39, 0.29) is 24.0 Å². The highest BCUT2D eigenvalue weighted by Gasteiger charge is 2.15. The monoisotopic (exact) mass is 348 g/mol. The maximum Gasteiger partial charge on any atom is 0.231 e. The summed E-state index contributed by atoms with van der Waals surface area (Å²) in [5.41, 5.74) is 1.61. The molecule has 1 aromatic heterocycles. The number of aromatic hydroxyl groups is 1. The number of para-hydroxylation sites is 1. The molecule has 0 saturated carbocycles. The summed E-state index contributed by atoms with van der Waals surface area (Å²) in [6, 6.07) is 13.3. The average Bonchev–Trinajstić information content (AvgIpc) is 2.91. The molecule has 0 bridgehead atoms. The normalized spacial score (nSPS) is 10.3. The first-order chi connectivity index (χ1) is 11.1. The van der Waals surface area contributed by atoms with Crippen molar-refractivity contribution in [3.63, 3.8) is 0 Å². The van der Waals surface area contributed by atoms with Gasteiger partial charge in [-0.25, -0.2) is 4.39 Å². The van der Waals surface area contributed by atoms with Gasteiger partial charge in [0.05, 0.1) is 0 Å². The van der Waals surface area contributed by atoms with Crippen LogP contribution in [-0.4, -0.2) is 26.9 Å². The van der Waals surface area contributed by atoms with E-state index < -0.39 is 0 Å². The van der Waals surface area contributed by atoms with Crippen molar-refractivity contribution in [3.05, 3.63) is 65.7 Å². The van der Waals surface area contributed by atoms with E-state index in [0.29, 0.717) is 12.4 Å². The van der Waals surface area contributed by atoms with Gasteiger partial charge in [-0.15, -0.1) is 22.6 Å². The van der Waals surface area contributed by atoms with Crippen LogP contribution in [0.25, 0.3) is 0 Å². The maximum absolute atomic E-state index is 13.0. The minimum Gasteiger partial charge on any atom is -0.508 e. The highest BCUT2D eigenvalue weighted by Crippen LogP contribution is 2.24. The van der Waals surface area contributed by atoms with Gasteiger partial charge in [0.1, 0.15) is 17.4 Å². The van der Waals surface area contributed by atoms with E-state index in [4.69, 9.17) is 0 Å². The van der Waals surface area contributed by atoms with E-state index in [1.807, 2.05) is 35.7 Å². The number of benzene rings is 2. The molecule has 0 aliphatic carbocycles. The first-order valence-corrected chi connectivity index (χ1v) is 7.20. The van der Waals surface area contributed by atoms with E-state index in [1.54, 1.807) is 24.3 Å². The van der Waals surface area contributed by atoms with Gasteiger partial charge in [-0.1, -0.05) is 18.2 Å². The zero-order chi connectivity index (χ0) is 16.4. The van der Waals surface area contributed by atoms with Crippen LogP contribution in [0.1, 0.15) is 11.4 Å². The number of aromatic nitrogens is 3. The summed E-state index contributed by atoms with van der Waals surface area (Å²) < 4.78 is 14.9. The summed E-state index contributed by atoms with van der Waals surface area (Å²) in [6.45, 7) is 0. The number of phenolic OH excluding ortho intramolecular Hbond substituents is 1. The summed E-state index contributed by atoms with van der Waals surface area (Å²) in [6.07, 6.45) is 0.480. The lowest BCUT2D eigenvalue weighted by atomic mass is 10.1. The van der Waals surface area contributed by atoms with E-state index >= 15 is 0 Å². The molecule has 3 aromatic rings. The van der Waals surface area contributed by atoms with Crippen LogP contribution >= 0.6 is 12.4 Å². The molecule has 1 heterocycles. The van der Waals surface area contributed by atoms with Gasteiger partial charge in [0.25, 0.3) is 0 Å². The summed E-state index contributed by atoms with van der Waals surface area (Å²) in [5.74, 6) is 1.33. The molecule has 0 fully saturated rings. The van der Waals surface area contributed by atoms with Gasteiger partial charge in [0.15, 0.2) is 0 Å². The lowest BCUT2D eigenvalue weighted by Gasteiger charge is -2.18. The second kappa shape index (κ2) is 7.31. The summed E-state index contributed by atoms with van der Waals surface area (Å²) >= 11 is 0. The maximum atomic E-state index is 13.0. The minimum absolute atomic E-state index is 0. The molecule has 0 unspecified atom stereocenters. The number of anilines is 2. The summed E-state index contributed by atoms with van der Waals surface area (Å²) in [4.78, 5) is 1.83. The van der Waals surface area contributed by atoms with E-state index in [9.17, 15) is 9.50 Å². The Kier molecular flexibility index (Phi) is 5.41. The van der Waals surface area contributed by atoms with Crippen LogP contribution in [0, 0.1) is 5.82 Å². The summed E-state index contributed by atoms with van der Waals surface area (Å²) in [7, 11) is 3.71. The van der Waals surface area contributed by atoms with Crippen LogP contribution in [0.2, 0.25) is 0 Å². The Morgan fingerprint density at radius 1 is 1.08 bits per heavy atom. The van der Waals surface area contributed by atoms with Crippen LogP contribution in [0.4, 0.5) is 16.0 Å². The van der Waals surface area contributed by atoms with Crippen LogP contribution in [0.15, 0.2) is 48.5 Å². The molecular formula is C17H18ClFN4O. The number of nitrogens with zero attached hydrogens (tertiary/aromatic N) is 4. The first-order valence-electron chi connectivity index (χ1n) is 7.20. The minimum atomic E-state index is -0.277. The van der Waals surface area contributed by atoms with Crippen molar-refractivity contribution in [1.82, 2.24) is 14.8 Å². The van der Waals surface area contributed by atoms with Crippen molar-refractivity contribution in [3.8, 4) is 5.75 Å². The predicted octanol–water partition coefficient (Wildman–Crippen LogP) is 3.44. The number of halogens is 2. The molecular weight excluding hydrogens is 331 g/mol. The lowest BCUT2D eigenvalue weighted by molar-refractivity contribution is 0.468. The smallest absolute Gasteiger partial charge is 0.231 e. The van der Waals surface area contributed by atoms with Gasteiger partial charge in [-0.2, -0.15) is 0 Å². The Morgan fingerprint density at radius 3 is 2.42 bits per heavy atom. The number of phenols is 1. The molecule has 0 atom stereocenters. The van der Waals surface area contributed by atoms with Gasteiger partial charge in [-0.05, 0) is 30.3 Å². The zero-order valence-corrected chi connectivity index (χ0v) is 14.2. The molecule has 7 heteroatoms. The second-order valence-corrected chi connectivity index (χ2v) is 5.32. The number of hydrogen-bond donors (Lipinski definition) is 1. The van der Waals surface area contributed by atoms with E-state index in [0.717, 1.165) is 17.1 Å². The third-order valence-corrected chi connectivity index (χ3v) is 3.80. The van der Waals surface area contributed by atoms with E-state index in [1.165, 1.54) is 12.1 Å². The molecule has 0 aliphatic heterocycles. The van der Waals surface area contributed by atoms with E-state index in [2.05, 4.69) is 10.2 Å². The highest BCUT2D eigenvalue weighted by atomic mass is 35.5. The molecule has 24 heavy (non-hydrogen) atoms. The fourth-order valence-electron chi connectivity index (χ4n) is 2.41. The fourth-order valence-corrected chi connectivity index (χ4v) is 2.41. The Bertz CT molecular complexity index is 820. The van der Waals surface area contributed by atoms with Crippen molar-refractivity contribution in [2.24, 2.45) is 7.05 Å². The zero-order valence-electron chi connectivity index (χ0n) is 13.3. The quantitative estimate of drug-likeness (QED) is 0.784. The van der Waals surface area contributed by atoms with Crippen LogP contribution in [0.5, 0.6) is 5.75 Å². The van der Waals surface area contributed by atoms with Crippen molar-refractivity contribution in [1.29, 1.82) is 0 Å². The first kappa shape index (κ1) is 17.7. The Hall–Kier alpha value is -2.60. The SMILES string of the molecule is CN(c1ccc(F)cc1)c1nnc(Cc2ccccc2O)n1C.Cl. The predicted molar refractivity (Wildman–Crippen MR) is 93.6 cm³/mol. The third-order valence-electron chi connectivity index (χ3n) is 3.80. The van der Waals surface area contributed by atoms with Crippen LogP contribution in [-0.2, 0) is 13.5 Å². The molecule has 2 aromatic carbocycles. The van der Waals surface area contributed by atoms with Gasteiger partial charge in [0, 0.05) is 31.8 Å². The second-order valence-electron chi connectivity index (χ2n) is 5.32. The number of rotatable bonds is 4. The average molecular weight is 349 g/mol. The number of hydrogen-bond acceptors (Lipinski definition) is 4. The molecule has 0 spiro atoms. The van der Waals surface area contributed by atoms with Gasteiger partial charge in [-0.3, -0.25) is 4.57 Å². The Balaban J connectivity index is 0.00000208. The van der Waals surface area contributed by atoms with Crippen molar-refractivity contribution >= 4 is 24.0 Å². The fraction of sp³-hybridized carbons (Fsp3) is 0.176.